The standard InChI is InChI=1S/C36H54Cl2N6O8/c1-19(2)28-32(47)39-21(4)33(48)41(8)23(6)34(49)42(9)26(18-25-15-13-12-14-16-25)31(46)40-22(5)36(51)52-24(7)29(35(50)44(28)11)43(10)27(45)17-20(3)30(37)38/h12-16,19-24,26,28-30H,17-18H2,1-11H3,(H,39,47)(H,40,46)/t20-,21+,22-,23-,24+,26+,28-,29-/m0/s1. The van der Waals surface area contributed by atoms with E-state index in [4.69, 9.17) is 27.9 Å². The lowest BCUT2D eigenvalue weighted by atomic mass is 9.99. The van der Waals surface area contributed by atoms with Crippen molar-refractivity contribution in [1.29, 1.82) is 0 Å². The number of likely N-dealkylation sites (N-methyl/N-ethyl adjacent to an activating group) is 4. The average Bonchev–Trinajstić information content (AvgIpc) is 3.08. The molecule has 8 atom stereocenters. The Morgan fingerprint density at radius 3 is 1.90 bits per heavy atom. The van der Waals surface area contributed by atoms with Crippen molar-refractivity contribution < 1.29 is 38.3 Å². The van der Waals surface area contributed by atoms with Crippen LogP contribution in [0.25, 0.3) is 0 Å². The first-order valence-corrected chi connectivity index (χ1v) is 18.2. The molecule has 1 heterocycles. The maximum atomic E-state index is 14.3. The second kappa shape index (κ2) is 19.2. The zero-order chi connectivity index (χ0) is 39.8. The smallest absolute Gasteiger partial charge is 0.328 e. The van der Waals surface area contributed by atoms with Gasteiger partial charge in [0, 0.05) is 41.0 Å². The first-order chi connectivity index (χ1) is 24.1. The molecule has 1 fully saturated rings. The molecule has 1 aromatic rings. The summed E-state index contributed by atoms with van der Waals surface area (Å²) in [6.07, 6.45) is -1.32. The van der Waals surface area contributed by atoms with E-state index in [9.17, 15) is 33.6 Å². The SMILES string of the molecule is CC(C)[C@H]1C(=O)N[C@H](C)C(=O)N(C)[C@@H](C)C(=O)N(C)[C@H](Cc2ccccc2)C(=O)N[C@@H](C)C(=O)O[C@H](C)[C@H](N(C)C(=O)C[C@H](C)C(Cl)Cl)C(=O)N1C. The number of carbonyl (C=O) groups is 7. The molecular formula is C36H54Cl2N6O8. The number of cyclic esters (lactones) is 1. The second-order valence-electron chi connectivity index (χ2n) is 14.0. The molecule has 1 aliphatic rings. The Bertz CT molecular complexity index is 1460. The Hall–Kier alpha value is -3.91. The van der Waals surface area contributed by atoms with E-state index in [0.717, 1.165) is 15.4 Å². The molecule has 1 saturated heterocycles. The van der Waals surface area contributed by atoms with Gasteiger partial charge in [-0.25, -0.2) is 4.79 Å². The number of ether oxygens (including phenoxy) is 1. The van der Waals surface area contributed by atoms with Gasteiger partial charge in [-0.2, -0.15) is 0 Å². The highest BCUT2D eigenvalue weighted by molar-refractivity contribution is 6.44. The number of benzene rings is 1. The average molecular weight is 770 g/mol. The molecule has 0 radical (unpaired) electrons. The number of esters is 1. The minimum absolute atomic E-state index is 0.0835. The van der Waals surface area contributed by atoms with Crippen molar-refractivity contribution in [3.63, 3.8) is 0 Å². The van der Waals surface area contributed by atoms with Gasteiger partial charge >= 0.3 is 5.97 Å². The van der Waals surface area contributed by atoms with E-state index >= 15 is 0 Å². The lowest BCUT2D eigenvalue weighted by Crippen LogP contribution is -2.61. The molecule has 0 bridgehead atoms. The summed E-state index contributed by atoms with van der Waals surface area (Å²) in [5.74, 6) is -5.57. The third kappa shape index (κ3) is 11.0. The predicted molar refractivity (Wildman–Crippen MR) is 197 cm³/mol. The third-order valence-electron chi connectivity index (χ3n) is 9.52. The number of nitrogens with one attached hydrogen (secondary N) is 2. The highest BCUT2D eigenvalue weighted by atomic mass is 35.5. The maximum Gasteiger partial charge on any atom is 0.328 e. The maximum absolute atomic E-state index is 14.3. The minimum Gasteiger partial charge on any atom is -0.458 e. The van der Waals surface area contributed by atoms with Crippen molar-refractivity contribution in [3.05, 3.63) is 35.9 Å². The van der Waals surface area contributed by atoms with Crippen LogP contribution in [-0.4, -0.2) is 136 Å². The monoisotopic (exact) mass is 768 g/mol. The van der Waals surface area contributed by atoms with E-state index in [1.165, 1.54) is 65.7 Å². The topological polar surface area (TPSA) is 166 Å². The highest BCUT2D eigenvalue weighted by Crippen LogP contribution is 2.22. The van der Waals surface area contributed by atoms with E-state index in [1.807, 2.05) is 6.07 Å². The molecule has 6 amide bonds. The Balaban J connectivity index is 2.67. The molecule has 0 aromatic heterocycles. The fourth-order valence-corrected chi connectivity index (χ4v) is 6.23. The zero-order valence-electron chi connectivity index (χ0n) is 31.9. The molecule has 290 valence electrons. The number of halogens is 2. The van der Waals surface area contributed by atoms with E-state index in [1.54, 1.807) is 45.0 Å². The van der Waals surface area contributed by atoms with Crippen LogP contribution in [0.4, 0.5) is 0 Å². The van der Waals surface area contributed by atoms with Gasteiger partial charge in [0.2, 0.25) is 35.4 Å². The van der Waals surface area contributed by atoms with Gasteiger partial charge in [0.1, 0.15) is 47.2 Å². The van der Waals surface area contributed by atoms with Crippen LogP contribution in [-0.2, 0) is 44.7 Å². The van der Waals surface area contributed by atoms with Gasteiger partial charge in [-0.3, -0.25) is 28.8 Å². The summed E-state index contributed by atoms with van der Waals surface area (Å²) in [7, 11) is 5.61. The van der Waals surface area contributed by atoms with Crippen molar-refractivity contribution >= 4 is 64.6 Å². The minimum atomic E-state index is -1.42. The number of amides is 6. The van der Waals surface area contributed by atoms with Crippen LogP contribution in [0.5, 0.6) is 0 Å². The summed E-state index contributed by atoms with van der Waals surface area (Å²) < 4.78 is 5.74. The molecule has 0 saturated carbocycles. The second-order valence-corrected chi connectivity index (χ2v) is 15.1. The lowest BCUT2D eigenvalue weighted by Gasteiger charge is -2.38. The quantitative estimate of drug-likeness (QED) is 0.314. The molecule has 2 N–H and O–H groups in total. The third-order valence-corrected chi connectivity index (χ3v) is 10.4. The van der Waals surface area contributed by atoms with Gasteiger partial charge in [-0.05, 0) is 45.1 Å². The highest BCUT2D eigenvalue weighted by Gasteiger charge is 2.42. The van der Waals surface area contributed by atoms with Gasteiger partial charge < -0.3 is 35.0 Å². The van der Waals surface area contributed by atoms with Crippen molar-refractivity contribution in [2.45, 2.75) is 108 Å². The number of hydrogen-bond donors (Lipinski definition) is 2. The van der Waals surface area contributed by atoms with Crippen molar-refractivity contribution in [3.8, 4) is 0 Å². The molecule has 14 nitrogen and oxygen atoms in total. The largest absolute Gasteiger partial charge is 0.458 e. The fraction of sp³-hybridized carbons (Fsp3) is 0.639. The van der Waals surface area contributed by atoms with E-state index < -0.39 is 100 Å². The number of carbonyl (C=O) groups excluding carboxylic acids is 7. The van der Waals surface area contributed by atoms with Crippen LogP contribution >= 0.6 is 23.2 Å². The summed E-state index contributed by atoms with van der Waals surface area (Å²) in [6.45, 7) is 10.9. The lowest BCUT2D eigenvalue weighted by molar-refractivity contribution is -0.164. The van der Waals surface area contributed by atoms with E-state index in [0.29, 0.717) is 0 Å². The first kappa shape index (κ1) is 44.3. The Morgan fingerprint density at radius 2 is 1.37 bits per heavy atom. The van der Waals surface area contributed by atoms with Gasteiger partial charge in [0.15, 0.2) is 0 Å². The molecule has 1 aromatic carbocycles. The predicted octanol–water partition coefficient (Wildman–Crippen LogP) is 2.00. The van der Waals surface area contributed by atoms with Crippen LogP contribution in [0.2, 0.25) is 0 Å². The molecule has 0 unspecified atom stereocenters. The van der Waals surface area contributed by atoms with Crippen molar-refractivity contribution in [1.82, 2.24) is 30.2 Å². The summed E-state index contributed by atoms with van der Waals surface area (Å²) in [6, 6.07) is 1.89. The van der Waals surface area contributed by atoms with Crippen LogP contribution in [0.1, 0.15) is 60.5 Å². The molecule has 16 heteroatoms. The first-order valence-electron chi connectivity index (χ1n) is 17.3. The molecule has 2 rings (SSSR count). The molecule has 0 aliphatic carbocycles. The summed E-state index contributed by atoms with van der Waals surface area (Å²) in [4.78, 5) is 100. The zero-order valence-corrected chi connectivity index (χ0v) is 33.4. The van der Waals surface area contributed by atoms with Gasteiger partial charge in [-0.1, -0.05) is 51.1 Å². The van der Waals surface area contributed by atoms with Crippen LogP contribution in [0.3, 0.4) is 0 Å². The van der Waals surface area contributed by atoms with E-state index in [-0.39, 0.29) is 12.8 Å². The van der Waals surface area contributed by atoms with Gasteiger partial charge in [0.25, 0.3) is 0 Å². The van der Waals surface area contributed by atoms with Crippen molar-refractivity contribution in [2.75, 3.05) is 28.2 Å². The number of nitrogens with zero attached hydrogens (tertiary/aromatic N) is 4. The van der Waals surface area contributed by atoms with E-state index in [2.05, 4.69) is 10.6 Å². The summed E-state index contributed by atoms with van der Waals surface area (Å²) in [5, 5.41) is 5.31. The molecule has 1 aliphatic heterocycles. The van der Waals surface area contributed by atoms with Gasteiger partial charge in [0.05, 0.1) is 0 Å². The number of hydrogen-bond acceptors (Lipinski definition) is 8. The molecular weight excluding hydrogens is 715 g/mol. The van der Waals surface area contributed by atoms with Crippen LogP contribution in [0, 0.1) is 11.8 Å². The van der Waals surface area contributed by atoms with Crippen molar-refractivity contribution in [2.24, 2.45) is 11.8 Å². The van der Waals surface area contributed by atoms with Gasteiger partial charge in [-0.15, -0.1) is 23.2 Å². The molecule has 52 heavy (non-hydrogen) atoms. The molecule has 0 spiro atoms. The Labute approximate surface area is 316 Å². The van der Waals surface area contributed by atoms with Crippen LogP contribution in [0.15, 0.2) is 30.3 Å². The Morgan fingerprint density at radius 1 is 0.808 bits per heavy atom. The van der Waals surface area contributed by atoms with Crippen LogP contribution < -0.4 is 10.6 Å². The Kier molecular flexibility index (Phi) is 16.4. The number of rotatable bonds is 7. The number of alkyl halides is 2. The fourth-order valence-electron chi connectivity index (χ4n) is 6.05. The summed E-state index contributed by atoms with van der Waals surface area (Å²) >= 11 is 12.0. The normalized spacial score (nSPS) is 27.1. The summed E-state index contributed by atoms with van der Waals surface area (Å²) in [5.41, 5.74) is 0.736.